The van der Waals surface area contributed by atoms with E-state index in [1.807, 2.05) is 11.8 Å². The van der Waals surface area contributed by atoms with Gasteiger partial charge in [0, 0.05) is 11.3 Å². The molecule has 0 bridgehead atoms. The van der Waals surface area contributed by atoms with Gasteiger partial charge in [-0.15, -0.1) is 0 Å². The number of thioether (sulfide) groups is 1. The van der Waals surface area contributed by atoms with Crippen LogP contribution in [0.1, 0.15) is 31.4 Å². The molecular formula is C14H20N2S. The molecule has 2 rings (SSSR count). The van der Waals surface area contributed by atoms with E-state index in [0.717, 1.165) is 11.7 Å². The minimum absolute atomic E-state index is 0.543. The molecule has 1 fully saturated rings. The molecule has 0 aromatic heterocycles. The molecule has 0 saturated carbocycles. The maximum Gasteiger partial charge on any atom is 0.157 e. The summed E-state index contributed by atoms with van der Waals surface area (Å²) in [6, 6.07) is 8.99. The lowest BCUT2D eigenvalue weighted by Gasteiger charge is -2.26. The number of rotatable bonds is 2. The van der Waals surface area contributed by atoms with E-state index in [0.29, 0.717) is 11.3 Å². The monoisotopic (exact) mass is 248 g/mol. The molecule has 0 spiro atoms. The van der Waals surface area contributed by atoms with Gasteiger partial charge in [-0.2, -0.15) is 0 Å². The highest BCUT2D eigenvalue weighted by Crippen LogP contribution is 2.22. The molecule has 0 radical (unpaired) electrons. The van der Waals surface area contributed by atoms with Crippen LogP contribution in [0.15, 0.2) is 29.3 Å². The third kappa shape index (κ3) is 3.50. The Morgan fingerprint density at radius 2 is 2.12 bits per heavy atom. The zero-order chi connectivity index (χ0) is 12.3. The summed E-state index contributed by atoms with van der Waals surface area (Å²) in [5, 5.41) is 5.21. The second-order valence-electron chi connectivity index (χ2n) is 4.76. The van der Waals surface area contributed by atoms with E-state index in [9.17, 15) is 0 Å². The van der Waals surface area contributed by atoms with Gasteiger partial charge < -0.3 is 5.32 Å². The van der Waals surface area contributed by atoms with Crippen LogP contribution in [-0.2, 0) is 6.54 Å². The fourth-order valence-electron chi connectivity index (χ4n) is 2.07. The van der Waals surface area contributed by atoms with Crippen molar-refractivity contribution in [2.75, 3.05) is 0 Å². The van der Waals surface area contributed by atoms with Crippen LogP contribution in [-0.4, -0.2) is 16.5 Å². The highest BCUT2D eigenvalue weighted by molar-refractivity contribution is 8.14. The maximum absolute atomic E-state index is 4.68. The third-order valence-corrected chi connectivity index (χ3v) is 4.09. The molecule has 3 heteroatoms. The van der Waals surface area contributed by atoms with Gasteiger partial charge in [-0.25, -0.2) is 0 Å². The first-order chi connectivity index (χ1) is 8.15. The summed E-state index contributed by atoms with van der Waals surface area (Å²) in [6.45, 7) is 7.41. The number of hydrogen-bond acceptors (Lipinski definition) is 2. The fraction of sp³-hybridized carbons (Fsp3) is 0.500. The highest BCUT2D eigenvalue weighted by atomic mass is 32.2. The van der Waals surface area contributed by atoms with Crippen LogP contribution >= 0.6 is 11.8 Å². The van der Waals surface area contributed by atoms with E-state index in [2.05, 4.69) is 55.3 Å². The number of aryl methyl sites for hydroxylation is 1. The minimum atomic E-state index is 0.543. The van der Waals surface area contributed by atoms with Crippen molar-refractivity contribution in [3.8, 4) is 0 Å². The van der Waals surface area contributed by atoms with Gasteiger partial charge in [0.15, 0.2) is 5.17 Å². The molecule has 2 unspecified atom stereocenters. The average Bonchev–Trinajstić information content (AvgIpc) is 2.27. The molecule has 0 aliphatic carbocycles. The van der Waals surface area contributed by atoms with E-state index in [4.69, 9.17) is 0 Å². The predicted octanol–water partition coefficient (Wildman–Crippen LogP) is 3.35. The average molecular weight is 248 g/mol. The number of aliphatic imine (C=N–C) groups is 1. The molecule has 1 saturated heterocycles. The van der Waals surface area contributed by atoms with Gasteiger partial charge in [0.25, 0.3) is 0 Å². The van der Waals surface area contributed by atoms with Crippen molar-refractivity contribution in [3.63, 3.8) is 0 Å². The quantitative estimate of drug-likeness (QED) is 0.868. The van der Waals surface area contributed by atoms with Gasteiger partial charge in [0.05, 0.1) is 6.54 Å². The molecular weight excluding hydrogens is 228 g/mol. The Kier molecular flexibility index (Phi) is 4.11. The summed E-state index contributed by atoms with van der Waals surface area (Å²) in [6.07, 6.45) is 1.22. The Morgan fingerprint density at radius 1 is 1.35 bits per heavy atom. The first kappa shape index (κ1) is 12.5. The van der Waals surface area contributed by atoms with Crippen molar-refractivity contribution in [3.05, 3.63) is 35.4 Å². The van der Waals surface area contributed by atoms with Crippen molar-refractivity contribution >= 4 is 16.9 Å². The van der Waals surface area contributed by atoms with Gasteiger partial charge in [0.2, 0.25) is 0 Å². The lowest BCUT2D eigenvalue weighted by Crippen LogP contribution is -2.38. The van der Waals surface area contributed by atoms with Crippen LogP contribution < -0.4 is 5.32 Å². The Labute approximate surface area is 108 Å². The van der Waals surface area contributed by atoms with E-state index in [-0.39, 0.29) is 0 Å². The van der Waals surface area contributed by atoms with Crippen LogP contribution in [0, 0.1) is 6.92 Å². The maximum atomic E-state index is 4.68. The molecule has 2 nitrogen and oxygen atoms in total. The van der Waals surface area contributed by atoms with Crippen molar-refractivity contribution in [1.82, 2.24) is 5.32 Å². The van der Waals surface area contributed by atoms with Crippen LogP contribution in [0.2, 0.25) is 0 Å². The van der Waals surface area contributed by atoms with Crippen LogP contribution in [0.25, 0.3) is 0 Å². The summed E-state index contributed by atoms with van der Waals surface area (Å²) >= 11 is 1.85. The molecule has 2 atom stereocenters. The van der Waals surface area contributed by atoms with Crippen molar-refractivity contribution in [2.45, 2.75) is 45.0 Å². The summed E-state index contributed by atoms with van der Waals surface area (Å²) in [4.78, 5) is 4.68. The zero-order valence-electron chi connectivity index (χ0n) is 10.7. The molecule has 17 heavy (non-hydrogen) atoms. The molecule has 1 aromatic rings. The van der Waals surface area contributed by atoms with E-state index in [1.165, 1.54) is 17.5 Å². The largest absolute Gasteiger partial charge is 0.362 e. The Balaban J connectivity index is 2.03. The van der Waals surface area contributed by atoms with Gasteiger partial charge in [-0.1, -0.05) is 43.0 Å². The Morgan fingerprint density at radius 3 is 2.82 bits per heavy atom. The van der Waals surface area contributed by atoms with E-state index >= 15 is 0 Å². The summed E-state index contributed by atoms with van der Waals surface area (Å²) in [7, 11) is 0. The number of nitrogens with one attached hydrogen (secondary N) is 1. The molecule has 1 aliphatic heterocycles. The molecule has 1 heterocycles. The topological polar surface area (TPSA) is 24.4 Å². The predicted molar refractivity (Wildman–Crippen MR) is 76.6 cm³/mol. The summed E-state index contributed by atoms with van der Waals surface area (Å²) < 4.78 is 0. The van der Waals surface area contributed by atoms with Gasteiger partial charge >= 0.3 is 0 Å². The van der Waals surface area contributed by atoms with Crippen LogP contribution in [0.4, 0.5) is 0 Å². The Hall–Kier alpha value is -0.960. The summed E-state index contributed by atoms with van der Waals surface area (Å²) in [5.41, 5.74) is 2.63. The van der Waals surface area contributed by atoms with E-state index in [1.54, 1.807) is 0 Å². The van der Waals surface area contributed by atoms with Crippen molar-refractivity contribution in [1.29, 1.82) is 0 Å². The molecule has 92 valence electrons. The molecule has 0 amide bonds. The lowest BCUT2D eigenvalue weighted by atomic mass is 10.1. The first-order valence-corrected chi connectivity index (χ1v) is 7.05. The molecule has 1 aliphatic rings. The second-order valence-corrected chi connectivity index (χ2v) is 6.18. The van der Waals surface area contributed by atoms with Crippen LogP contribution in [0.5, 0.6) is 0 Å². The lowest BCUT2D eigenvalue weighted by molar-refractivity contribution is 0.597. The second kappa shape index (κ2) is 5.58. The van der Waals surface area contributed by atoms with Gasteiger partial charge in [0.1, 0.15) is 0 Å². The van der Waals surface area contributed by atoms with Gasteiger partial charge in [-0.3, -0.25) is 4.99 Å². The molecule has 1 aromatic carbocycles. The standard InChI is InChI=1S/C14H20N2S/c1-10-6-4-5-7-13(10)9-15-14-16-11(2)8-12(3)17-14/h4-7,11-12H,8-9H2,1-3H3,(H,15,16). The number of hydrogen-bond donors (Lipinski definition) is 1. The SMILES string of the molecule is Cc1ccccc1CN=C1NC(C)CC(C)S1. The minimum Gasteiger partial charge on any atom is -0.362 e. The van der Waals surface area contributed by atoms with Crippen molar-refractivity contribution in [2.24, 2.45) is 4.99 Å². The zero-order valence-corrected chi connectivity index (χ0v) is 11.6. The summed E-state index contributed by atoms with van der Waals surface area (Å²) in [5.74, 6) is 0. The smallest absolute Gasteiger partial charge is 0.157 e. The number of amidine groups is 1. The van der Waals surface area contributed by atoms with Crippen LogP contribution in [0.3, 0.4) is 0 Å². The number of nitrogens with zero attached hydrogens (tertiary/aromatic N) is 1. The highest BCUT2D eigenvalue weighted by Gasteiger charge is 2.19. The van der Waals surface area contributed by atoms with Crippen molar-refractivity contribution < 1.29 is 0 Å². The normalized spacial score (nSPS) is 26.9. The van der Waals surface area contributed by atoms with Gasteiger partial charge in [-0.05, 0) is 31.4 Å². The first-order valence-electron chi connectivity index (χ1n) is 6.17. The number of benzene rings is 1. The molecule has 1 N–H and O–H groups in total. The van der Waals surface area contributed by atoms with E-state index < -0.39 is 0 Å². The fourth-order valence-corrected chi connectivity index (χ4v) is 3.24. The Bertz CT molecular complexity index is 402. The third-order valence-electron chi connectivity index (χ3n) is 3.02.